The van der Waals surface area contributed by atoms with Crippen molar-refractivity contribution >= 4 is 46.4 Å². The van der Waals surface area contributed by atoms with Crippen LogP contribution in [0.4, 0.5) is 0 Å². The number of hydrogen-bond donors (Lipinski definition) is 0. The molecule has 0 nitrogen and oxygen atoms in total. The Bertz CT molecular complexity index is 79.0. The summed E-state index contributed by atoms with van der Waals surface area (Å²) in [7, 11) is 0. The number of halogens is 4. The maximum atomic E-state index is 5.71. The number of hydrogen-bond acceptors (Lipinski definition) is 0. The standard InChI is InChI=1S/C5H8Cl4/c1-2-5(8,9)3-4(6)7/h4H,2-3H2,1H3. The molecule has 0 radical (unpaired) electrons. The molecule has 0 aromatic heterocycles. The SMILES string of the molecule is CCC(Cl)(Cl)CC(Cl)Cl. The maximum absolute atomic E-state index is 5.71. The van der Waals surface area contributed by atoms with Gasteiger partial charge in [0.15, 0.2) is 0 Å². The topological polar surface area (TPSA) is 0 Å². The van der Waals surface area contributed by atoms with Crippen LogP contribution in [-0.4, -0.2) is 9.17 Å². The lowest BCUT2D eigenvalue weighted by atomic mass is 10.2. The van der Waals surface area contributed by atoms with E-state index in [2.05, 4.69) is 0 Å². The van der Waals surface area contributed by atoms with Gasteiger partial charge in [0.1, 0.15) is 9.17 Å². The van der Waals surface area contributed by atoms with Crippen LogP contribution in [0, 0.1) is 0 Å². The Kier molecular flexibility index (Phi) is 4.66. The molecule has 0 rings (SSSR count). The van der Waals surface area contributed by atoms with Gasteiger partial charge < -0.3 is 0 Å². The molecular formula is C5H8Cl4. The van der Waals surface area contributed by atoms with E-state index in [1.54, 1.807) is 0 Å². The molecule has 9 heavy (non-hydrogen) atoms. The van der Waals surface area contributed by atoms with E-state index in [9.17, 15) is 0 Å². The number of alkyl halides is 4. The van der Waals surface area contributed by atoms with E-state index >= 15 is 0 Å². The zero-order chi connectivity index (χ0) is 7.49. The molecule has 0 N–H and O–H groups in total. The first-order chi connectivity index (χ1) is 3.98. The van der Waals surface area contributed by atoms with Gasteiger partial charge in [0.2, 0.25) is 0 Å². The molecule has 56 valence electrons. The monoisotopic (exact) mass is 208 g/mol. The predicted octanol–water partition coefficient (Wildman–Crippen LogP) is 3.76. The second kappa shape index (κ2) is 4.12. The minimum Gasteiger partial charge on any atom is -0.105 e. The highest BCUT2D eigenvalue weighted by atomic mass is 35.5. The molecular weight excluding hydrogens is 202 g/mol. The van der Waals surface area contributed by atoms with E-state index < -0.39 is 9.17 Å². The summed E-state index contributed by atoms with van der Waals surface area (Å²) in [5, 5.41) is 0. The first-order valence-electron chi connectivity index (χ1n) is 2.64. The van der Waals surface area contributed by atoms with E-state index in [4.69, 9.17) is 46.4 Å². The second-order valence-electron chi connectivity index (χ2n) is 1.80. The molecule has 4 heteroatoms. The lowest BCUT2D eigenvalue weighted by Gasteiger charge is -2.16. The summed E-state index contributed by atoms with van der Waals surface area (Å²) in [6.07, 6.45) is 1.07. The fourth-order valence-corrected chi connectivity index (χ4v) is 1.52. The van der Waals surface area contributed by atoms with Gasteiger partial charge in [0.25, 0.3) is 0 Å². The molecule has 0 aliphatic carbocycles. The summed E-state index contributed by atoms with van der Waals surface area (Å²) in [6.45, 7) is 1.89. The van der Waals surface area contributed by atoms with Crippen LogP contribution >= 0.6 is 46.4 Å². The smallest absolute Gasteiger partial charge is 0.105 e. The Hall–Kier alpha value is 1.16. The van der Waals surface area contributed by atoms with Crippen LogP contribution in [0.15, 0.2) is 0 Å². The fraction of sp³-hybridized carbons (Fsp3) is 1.00. The summed E-state index contributed by atoms with van der Waals surface area (Å²) in [5.74, 6) is 0. The molecule has 0 bridgehead atoms. The highest BCUT2D eigenvalue weighted by molar-refractivity contribution is 6.50. The third kappa shape index (κ3) is 5.60. The molecule has 0 aromatic rings. The molecule has 0 aliphatic rings. The van der Waals surface area contributed by atoms with Crippen molar-refractivity contribution in [2.45, 2.75) is 28.9 Å². The van der Waals surface area contributed by atoms with Crippen LogP contribution in [0.3, 0.4) is 0 Å². The molecule has 0 spiro atoms. The summed E-state index contributed by atoms with van der Waals surface area (Å²) < 4.78 is -0.756. The molecule has 0 atom stereocenters. The first kappa shape index (κ1) is 10.2. The minimum atomic E-state index is -0.756. The normalized spacial score (nSPS) is 12.7. The van der Waals surface area contributed by atoms with Crippen molar-refractivity contribution in [1.82, 2.24) is 0 Å². The largest absolute Gasteiger partial charge is 0.120 e. The van der Waals surface area contributed by atoms with Crippen LogP contribution in [0.25, 0.3) is 0 Å². The molecule has 0 unspecified atom stereocenters. The zero-order valence-electron chi connectivity index (χ0n) is 5.00. The van der Waals surface area contributed by atoms with Gasteiger partial charge in [-0.3, -0.25) is 0 Å². The molecule has 0 amide bonds. The molecule has 0 aromatic carbocycles. The average Bonchev–Trinajstić information content (AvgIpc) is 1.63. The quantitative estimate of drug-likeness (QED) is 0.622. The molecule has 0 saturated carbocycles. The van der Waals surface area contributed by atoms with Crippen LogP contribution in [0.5, 0.6) is 0 Å². The molecule has 0 heterocycles. The Balaban J connectivity index is 3.58. The Morgan fingerprint density at radius 2 is 1.78 bits per heavy atom. The van der Waals surface area contributed by atoms with Crippen LogP contribution in [0.1, 0.15) is 19.8 Å². The van der Waals surface area contributed by atoms with Gasteiger partial charge >= 0.3 is 0 Å². The summed E-state index contributed by atoms with van der Waals surface area (Å²) in [5.41, 5.74) is 0. The lowest BCUT2D eigenvalue weighted by molar-refractivity contribution is 0.703. The summed E-state index contributed by atoms with van der Waals surface area (Å²) >= 11 is 22.3. The molecule has 0 aliphatic heterocycles. The Morgan fingerprint density at radius 1 is 1.33 bits per heavy atom. The van der Waals surface area contributed by atoms with Gasteiger partial charge in [-0.1, -0.05) is 6.92 Å². The van der Waals surface area contributed by atoms with Crippen molar-refractivity contribution in [2.75, 3.05) is 0 Å². The van der Waals surface area contributed by atoms with Crippen LogP contribution in [0.2, 0.25) is 0 Å². The van der Waals surface area contributed by atoms with E-state index in [-0.39, 0.29) is 0 Å². The average molecular weight is 210 g/mol. The highest BCUT2D eigenvalue weighted by Gasteiger charge is 2.23. The van der Waals surface area contributed by atoms with E-state index in [1.807, 2.05) is 6.92 Å². The predicted molar refractivity (Wildman–Crippen MR) is 44.8 cm³/mol. The van der Waals surface area contributed by atoms with Crippen molar-refractivity contribution in [2.24, 2.45) is 0 Å². The van der Waals surface area contributed by atoms with Crippen LogP contribution in [-0.2, 0) is 0 Å². The van der Waals surface area contributed by atoms with E-state index in [0.29, 0.717) is 12.8 Å². The van der Waals surface area contributed by atoms with Gasteiger partial charge in [-0.15, -0.1) is 46.4 Å². The van der Waals surface area contributed by atoms with Crippen molar-refractivity contribution in [3.05, 3.63) is 0 Å². The molecule has 0 saturated heterocycles. The van der Waals surface area contributed by atoms with Crippen molar-refractivity contribution < 1.29 is 0 Å². The van der Waals surface area contributed by atoms with Crippen molar-refractivity contribution in [3.8, 4) is 0 Å². The van der Waals surface area contributed by atoms with Gasteiger partial charge in [0.05, 0.1) is 0 Å². The van der Waals surface area contributed by atoms with E-state index in [0.717, 1.165) is 0 Å². The Labute approximate surface area is 75.4 Å². The summed E-state index contributed by atoms with van der Waals surface area (Å²) in [6, 6.07) is 0. The lowest BCUT2D eigenvalue weighted by Crippen LogP contribution is -2.14. The third-order valence-electron chi connectivity index (χ3n) is 0.970. The van der Waals surface area contributed by atoms with Gasteiger partial charge in [-0.05, 0) is 6.42 Å². The third-order valence-corrected chi connectivity index (χ3v) is 2.12. The van der Waals surface area contributed by atoms with Gasteiger partial charge in [-0.2, -0.15) is 0 Å². The van der Waals surface area contributed by atoms with E-state index in [1.165, 1.54) is 0 Å². The first-order valence-corrected chi connectivity index (χ1v) is 4.27. The maximum Gasteiger partial charge on any atom is 0.120 e. The fourth-order valence-electron chi connectivity index (χ4n) is 0.370. The van der Waals surface area contributed by atoms with Crippen molar-refractivity contribution in [1.29, 1.82) is 0 Å². The Morgan fingerprint density at radius 3 is 1.89 bits per heavy atom. The van der Waals surface area contributed by atoms with Gasteiger partial charge in [0, 0.05) is 6.42 Å². The van der Waals surface area contributed by atoms with Crippen LogP contribution < -0.4 is 0 Å². The second-order valence-corrected chi connectivity index (χ2v) is 4.72. The molecule has 0 fully saturated rings. The minimum absolute atomic E-state index is 0.412. The highest BCUT2D eigenvalue weighted by Crippen LogP contribution is 2.32. The van der Waals surface area contributed by atoms with Crippen molar-refractivity contribution in [3.63, 3.8) is 0 Å². The van der Waals surface area contributed by atoms with Gasteiger partial charge in [-0.25, -0.2) is 0 Å². The summed E-state index contributed by atoms with van der Waals surface area (Å²) in [4.78, 5) is -0.472. The number of rotatable bonds is 3. The zero-order valence-corrected chi connectivity index (χ0v) is 8.03.